The van der Waals surface area contributed by atoms with Crippen LogP contribution in [0, 0.1) is 0 Å². The van der Waals surface area contributed by atoms with Crippen molar-refractivity contribution in [1.82, 2.24) is 20.2 Å². The van der Waals surface area contributed by atoms with Crippen molar-refractivity contribution >= 4 is 28.9 Å². The minimum atomic E-state index is -0.223. The lowest BCUT2D eigenvalue weighted by Gasteiger charge is -2.24. The maximum absolute atomic E-state index is 6.23. The number of nitrogens with two attached hydrogens (primary N) is 1. The quantitative estimate of drug-likeness (QED) is 0.882. The van der Waals surface area contributed by atoms with Crippen LogP contribution in [0.4, 0.5) is 5.69 Å². The van der Waals surface area contributed by atoms with Crippen molar-refractivity contribution in [2.45, 2.75) is 32.7 Å². The highest BCUT2D eigenvalue weighted by Crippen LogP contribution is 2.36. The number of hydrogen-bond acceptors (Lipinski definition) is 4. The SMILES string of the molecule is CCC(C)(C)n1nnnc1-c1cc(N)cc(Cl)c1Cl. The summed E-state index contributed by atoms with van der Waals surface area (Å²) in [6.45, 7) is 6.17. The van der Waals surface area contributed by atoms with Crippen LogP contribution in [0.25, 0.3) is 11.4 Å². The van der Waals surface area contributed by atoms with Gasteiger partial charge in [-0.25, -0.2) is 4.68 Å². The number of benzene rings is 1. The number of halogens is 2. The van der Waals surface area contributed by atoms with E-state index in [1.54, 1.807) is 16.8 Å². The molecule has 0 fully saturated rings. The second-order valence-corrected chi connectivity index (χ2v) is 5.73. The van der Waals surface area contributed by atoms with E-state index in [4.69, 9.17) is 28.9 Å². The molecule has 0 spiro atoms. The van der Waals surface area contributed by atoms with Gasteiger partial charge >= 0.3 is 0 Å². The Labute approximate surface area is 121 Å². The van der Waals surface area contributed by atoms with Crippen LogP contribution in [-0.2, 0) is 5.54 Å². The molecule has 0 bridgehead atoms. The van der Waals surface area contributed by atoms with Crippen LogP contribution >= 0.6 is 23.2 Å². The molecule has 1 aromatic carbocycles. The molecule has 1 aromatic heterocycles. The molecule has 0 radical (unpaired) electrons. The third-order valence-electron chi connectivity index (χ3n) is 3.20. The molecular formula is C12H15Cl2N5. The summed E-state index contributed by atoms with van der Waals surface area (Å²) in [5.74, 6) is 0.561. The Bertz CT molecular complexity index is 606. The molecule has 19 heavy (non-hydrogen) atoms. The molecule has 0 aliphatic heterocycles. The van der Waals surface area contributed by atoms with Gasteiger partial charge in [-0.05, 0) is 42.8 Å². The van der Waals surface area contributed by atoms with Crippen LogP contribution in [0.3, 0.4) is 0 Å². The summed E-state index contributed by atoms with van der Waals surface area (Å²) >= 11 is 12.3. The van der Waals surface area contributed by atoms with Gasteiger partial charge in [0.1, 0.15) is 0 Å². The lowest BCUT2D eigenvalue weighted by Crippen LogP contribution is -2.27. The summed E-state index contributed by atoms with van der Waals surface area (Å²) in [5.41, 5.74) is 6.74. The third kappa shape index (κ3) is 2.53. The van der Waals surface area contributed by atoms with E-state index in [0.29, 0.717) is 27.1 Å². The molecule has 2 rings (SSSR count). The van der Waals surface area contributed by atoms with E-state index < -0.39 is 0 Å². The lowest BCUT2D eigenvalue weighted by molar-refractivity contribution is 0.305. The van der Waals surface area contributed by atoms with E-state index in [1.165, 1.54) is 0 Å². The van der Waals surface area contributed by atoms with Crippen molar-refractivity contribution in [3.63, 3.8) is 0 Å². The van der Waals surface area contributed by atoms with Crippen molar-refractivity contribution in [1.29, 1.82) is 0 Å². The molecule has 2 aromatic rings. The number of rotatable bonds is 3. The third-order valence-corrected chi connectivity index (χ3v) is 4.00. The van der Waals surface area contributed by atoms with E-state index in [-0.39, 0.29) is 5.54 Å². The minimum Gasteiger partial charge on any atom is -0.399 e. The Morgan fingerprint density at radius 1 is 1.32 bits per heavy atom. The van der Waals surface area contributed by atoms with Crippen molar-refractivity contribution < 1.29 is 0 Å². The van der Waals surface area contributed by atoms with E-state index in [0.717, 1.165) is 6.42 Å². The lowest BCUT2D eigenvalue weighted by atomic mass is 10.0. The first-order valence-electron chi connectivity index (χ1n) is 5.90. The zero-order valence-corrected chi connectivity index (χ0v) is 12.5. The standard InChI is InChI=1S/C12H15Cl2N5/c1-4-12(2,3)19-11(16-17-18-19)8-5-7(15)6-9(13)10(8)14/h5-6H,4,15H2,1-3H3. The van der Waals surface area contributed by atoms with Gasteiger partial charge in [-0.1, -0.05) is 30.1 Å². The number of nitrogen functional groups attached to an aromatic ring is 1. The molecule has 2 N–H and O–H groups in total. The predicted molar refractivity (Wildman–Crippen MR) is 77.3 cm³/mol. The molecule has 0 atom stereocenters. The van der Waals surface area contributed by atoms with Crippen LogP contribution in [0.2, 0.25) is 10.0 Å². The highest BCUT2D eigenvalue weighted by molar-refractivity contribution is 6.43. The van der Waals surface area contributed by atoms with E-state index in [9.17, 15) is 0 Å². The molecule has 102 valence electrons. The Morgan fingerprint density at radius 3 is 2.63 bits per heavy atom. The summed E-state index contributed by atoms with van der Waals surface area (Å²) in [6.07, 6.45) is 0.874. The fourth-order valence-corrected chi connectivity index (χ4v) is 2.11. The second kappa shape index (κ2) is 4.98. The van der Waals surface area contributed by atoms with Gasteiger partial charge in [0.15, 0.2) is 5.82 Å². The largest absolute Gasteiger partial charge is 0.399 e. The van der Waals surface area contributed by atoms with Crippen molar-refractivity contribution in [3.8, 4) is 11.4 Å². The van der Waals surface area contributed by atoms with E-state index in [2.05, 4.69) is 36.3 Å². The highest BCUT2D eigenvalue weighted by Gasteiger charge is 2.25. The normalized spacial score (nSPS) is 11.8. The Hall–Kier alpha value is -1.33. The molecule has 7 heteroatoms. The Kier molecular flexibility index (Phi) is 3.69. The molecule has 5 nitrogen and oxygen atoms in total. The maximum Gasteiger partial charge on any atom is 0.184 e. The van der Waals surface area contributed by atoms with Gasteiger partial charge in [-0.15, -0.1) is 5.10 Å². The number of tetrazole rings is 1. The number of nitrogens with zero attached hydrogens (tertiary/aromatic N) is 4. The van der Waals surface area contributed by atoms with Gasteiger partial charge in [0.05, 0.1) is 15.6 Å². The second-order valence-electron chi connectivity index (χ2n) is 4.94. The fraction of sp³-hybridized carbons (Fsp3) is 0.417. The Balaban J connectivity index is 2.65. The number of aromatic nitrogens is 4. The first-order valence-corrected chi connectivity index (χ1v) is 6.66. The van der Waals surface area contributed by atoms with Gasteiger partial charge in [0, 0.05) is 11.3 Å². The summed E-state index contributed by atoms with van der Waals surface area (Å²) in [6, 6.07) is 3.33. The van der Waals surface area contributed by atoms with E-state index >= 15 is 0 Å². The average molecular weight is 300 g/mol. The molecule has 1 heterocycles. The van der Waals surface area contributed by atoms with Gasteiger partial charge in [-0.3, -0.25) is 0 Å². The van der Waals surface area contributed by atoms with Crippen LogP contribution in [0.15, 0.2) is 12.1 Å². The van der Waals surface area contributed by atoms with Crippen LogP contribution in [-0.4, -0.2) is 20.2 Å². The molecule has 0 unspecified atom stereocenters. The zero-order chi connectivity index (χ0) is 14.2. The summed E-state index contributed by atoms with van der Waals surface area (Å²) in [5, 5.41) is 12.6. The number of anilines is 1. The van der Waals surface area contributed by atoms with Gasteiger partial charge in [0.2, 0.25) is 0 Å². The first kappa shape index (κ1) is 14.1. The average Bonchev–Trinajstić information content (AvgIpc) is 2.83. The van der Waals surface area contributed by atoms with Crippen molar-refractivity contribution in [2.24, 2.45) is 0 Å². The smallest absolute Gasteiger partial charge is 0.184 e. The highest BCUT2D eigenvalue weighted by atomic mass is 35.5. The molecule has 0 saturated heterocycles. The number of hydrogen-bond donors (Lipinski definition) is 1. The van der Waals surface area contributed by atoms with Crippen LogP contribution in [0.5, 0.6) is 0 Å². The molecule has 0 saturated carbocycles. The summed E-state index contributed by atoms with van der Waals surface area (Å²) < 4.78 is 1.74. The molecule has 0 aliphatic rings. The molecule has 0 amide bonds. The molecule has 0 aliphatic carbocycles. The van der Waals surface area contributed by atoms with E-state index in [1.807, 2.05) is 0 Å². The van der Waals surface area contributed by atoms with Crippen LogP contribution < -0.4 is 5.73 Å². The van der Waals surface area contributed by atoms with Gasteiger partial charge in [-0.2, -0.15) is 0 Å². The van der Waals surface area contributed by atoms with Gasteiger partial charge in [0.25, 0.3) is 0 Å². The zero-order valence-electron chi connectivity index (χ0n) is 11.0. The summed E-state index contributed by atoms with van der Waals surface area (Å²) in [7, 11) is 0. The predicted octanol–water partition coefficient (Wildman–Crippen LogP) is 3.37. The van der Waals surface area contributed by atoms with Crippen molar-refractivity contribution in [3.05, 3.63) is 22.2 Å². The first-order chi connectivity index (χ1) is 8.86. The fourth-order valence-electron chi connectivity index (χ4n) is 1.69. The maximum atomic E-state index is 6.23. The van der Waals surface area contributed by atoms with Crippen molar-refractivity contribution in [2.75, 3.05) is 5.73 Å². The molecular weight excluding hydrogens is 285 g/mol. The monoisotopic (exact) mass is 299 g/mol. The van der Waals surface area contributed by atoms with Gasteiger partial charge < -0.3 is 5.73 Å². The minimum absolute atomic E-state index is 0.223. The topological polar surface area (TPSA) is 69.6 Å². The summed E-state index contributed by atoms with van der Waals surface area (Å²) in [4.78, 5) is 0. The Morgan fingerprint density at radius 2 is 2.00 bits per heavy atom. The van der Waals surface area contributed by atoms with Crippen LogP contribution in [0.1, 0.15) is 27.2 Å².